The molecule has 29 heavy (non-hydrogen) atoms. The highest BCUT2D eigenvalue weighted by Crippen LogP contribution is 2.41. The van der Waals surface area contributed by atoms with Crippen LogP contribution >= 0.6 is 21.8 Å². The number of thiophene rings is 2. The molecule has 2 atom stereocenters. The van der Waals surface area contributed by atoms with E-state index in [-0.39, 0.29) is 16.4 Å². The van der Waals surface area contributed by atoms with Gasteiger partial charge in [-0.3, -0.25) is 0 Å². The lowest BCUT2D eigenvalue weighted by Gasteiger charge is -2.23. The van der Waals surface area contributed by atoms with E-state index in [9.17, 15) is 4.79 Å². The fourth-order valence-electron chi connectivity index (χ4n) is 3.40. The number of carbonyl (C=O) groups is 1. The maximum Gasteiger partial charge on any atom is 0.339 e. The Morgan fingerprint density at radius 1 is 1.10 bits per heavy atom. The van der Waals surface area contributed by atoms with Gasteiger partial charge in [-0.25, -0.2) is 4.79 Å². The molecule has 0 saturated carbocycles. The first-order valence-electron chi connectivity index (χ1n) is 9.33. The zero-order valence-corrected chi connectivity index (χ0v) is 18.2. The van der Waals surface area contributed by atoms with Crippen LogP contribution in [0.2, 0.25) is 0 Å². The van der Waals surface area contributed by atoms with E-state index in [2.05, 4.69) is 48.4 Å². The molecule has 4 heteroatoms. The third-order valence-corrected chi connectivity index (χ3v) is 7.80. The zero-order valence-electron chi connectivity index (χ0n) is 16.6. The quantitative estimate of drug-likeness (QED) is 0.202. The molecule has 0 aliphatic carbocycles. The first-order valence-corrected chi connectivity index (χ1v) is 11.6. The summed E-state index contributed by atoms with van der Waals surface area (Å²) < 4.78 is 7.17. The number of rotatable bonds is 4. The van der Waals surface area contributed by atoms with Gasteiger partial charge in [-0.2, -0.15) is 11.3 Å². The van der Waals surface area contributed by atoms with Crippen LogP contribution in [-0.4, -0.2) is 5.97 Å². The molecule has 0 radical (unpaired) electrons. The van der Waals surface area contributed by atoms with Crippen molar-refractivity contribution in [2.45, 2.75) is 26.4 Å². The van der Waals surface area contributed by atoms with Crippen LogP contribution < -0.4 is 0 Å². The molecule has 2 heterocycles. The molecule has 0 fully saturated rings. The molecule has 0 amide bonds. The number of benzene rings is 2. The summed E-state index contributed by atoms with van der Waals surface area (Å²) in [4.78, 5) is 14.0. The van der Waals surface area contributed by atoms with E-state index < -0.39 is 5.60 Å². The Labute approximate surface area is 177 Å². The van der Waals surface area contributed by atoms with E-state index in [1.165, 1.54) is 20.5 Å². The average Bonchev–Trinajstić information content (AvgIpc) is 3.38. The summed E-state index contributed by atoms with van der Waals surface area (Å²) >= 11 is 1.56. The van der Waals surface area contributed by atoms with Crippen molar-refractivity contribution in [3.8, 4) is 16.7 Å². The lowest BCUT2D eigenvalue weighted by atomic mass is 9.99. The molecule has 0 aliphatic heterocycles. The number of ether oxygens (including phenoxy) is 1. The van der Waals surface area contributed by atoms with Gasteiger partial charge in [0.1, 0.15) is 5.38 Å². The fraction of sp³-hybridized carbons (Fsp3) is 0.160. The SMILES string of the molecule is CC#CC(C)(OC(=O)c1ccc(-[s+]2cc(C)c3ccccc32)cc1)c1ccsc1. The van der Waals surface area contributed by atoms with Crippen molar-refractivity contribution in [3.63, 3.8) is 0 Å². The molecular weight excluding hydrogens is 396 g/mol. The van der Waals surface area contributed by atoms with Gasteiger partial charge in [0.15, 0.2) is 15.2 Å². The summed E-state index contributed by atoms with van der Waals surface area (Å²) in [5.41, 5.74) is 1.78. The van der Waals surface area contributed by atoms with Gasteiger partial charge in [0.2, 0.25) is 0 Å². The molecule has 0 bridgehead atoms. The first-order chi connectivity index (χ1) is 14.0. The number of hydrogen-bond donors (Lipinski definition) is 0. The minimum absolute atomic E-state index is 0.0987. The van der Waals surface area contributed by atoms with Gasteiger partial charge in [0, 0.05) is 27.0 Å². The number of fused-ring (bicyclic) bond motifs is 1. The highest BCUT2D eigenvalue weighted by molar-refractivity contribution is 7.43. The van der Waals surface area contributed by atoms with E-state index in [1.54, 1.807) is 18.3 Å². The van der Waals surface area contributed by atoms with Crippen molar-refractivity contribution in [1.82, 2.24) is 0 Å². The molecule has 0 N–H and O–H groups in total. The van der Waals surface area contributed by atoms with Crippen LogP contribution in [0.15, 0.2) is 70.7 Å². The van der Waals surface area contributed by atoms with Crippen LogP contribution in [-0.2, 0) is 10.3 Å². The first kappa shape index (κ1) is 19.4. The van der Waals surface area contributed by atoms with E-state index in [0.29, 0.717) is 5.56 Å². The van der Waals surface area contributed by atoms with E-state index in [4.69, 9.17) is 4.74 Å². The summed E-state index contributed by atoms with van der Waals surface area (Å²) in [5, 5.41) is 7.55. The van der Waals surface area contributed by atoms with Crippen molar-refractivity contribution in [2.75, 3.05) is 0 Å². The highest BCUT2D eigenvalue weighted by Gasteiger charge is 2.30. The Morgan fingerprint density at radius 2 is 1.86 bits per heavy atom. The van der Waals surface area contributed by atoms with Crippen molar-refractivity contribution >= 4 is 37.9 Å². The fourth-order valence-corrected chi connectivity index (χ4v) is 6.27. The molecule has 2 aromatic heterocycles. The van der Waals surface area contributed by atoms with Gasteiger partial charge in [0.05, 0.1) is 5.56 Å². The highest BCUT2D eigenvalue weighted by atomic mass is 32.2. The molecule has 2 unspecified atom stereocenters. The molecular formula is C25H21O2S2+. The number of aryl methyl sites for hydroxylation is 1. The molecule has 144 valence electrons. The van der Waals surface area contributed by atoms with E-state index >= 15 is 0 Å². The second kappa shape index (κ2) is 7.87. The minimum Gasteiger partial charge on any atom is -0.438 e. The van der Waals surface area contributed by atoms with Crippen molar-refractivity contribution < 1.29 is 9.53 Å². The summed E-state index contributed by atoms with van der Waals surface area (Å²) in [6.45, 7) is 5.74. The summed E-state index contributed by atoms with van der Waals surface area (Å²) in [5.74, 6) is 5.56. The van der Waals surface area contributed by atoms with Crippen LogP contribution in [0.4, 0.5) is 0 Å². The van der Waals surface area contributed by atoms with Gasteiger partial charge in [-0.15, -0.1) is 5.92 Å². The Hall–Kier alpha value is -2.87. The molecule has 0 spiro atoms. The molecule has 2 aromatic carbocycles. The Kier molecular flexibility index (Phi) is 5.27. The average molecular weight is 418 g/mol. The van der Waals surface area contributed by atoms with Crippen LogP contribution in [0.5, 0.6) is 0 Å². The normalized spacial score (nSPS) is 13.4. The van der Waals surface area contributed by atoms with Crippen molar-refractivity contribution in [2.24, 2.45) is 0 Å². The van der Waals surface area contributed by atoms with Crippen LogP contribution in [0.25, 0.3) is 15.0 Å². The lowest BCUT2D eigenvalue weighted by Crippen LogP contribution is -2.27. The predicted octanol–water partition coefficient (Wildman–Crippen LogP) is 7.04. The Bertz CT molecular complexity index is 1220. The maximum absolute atomic E-state index is 12.8. The Morgan fingerprint density at radius 3 is 2.55 bits per heavy atom. The number of hydrogen-bond acceptors (Lipinski definition) is 3. The molecule has 2 nitrogen and oxygen atoms in total. The monoisotopic (exact) mass is 417 g/mol. The summed E-state index contributed by atoms with van der Waals surface area (Å²) in [7, 11) is -0.0987. The molecule has 4 rings (SSSR count). The largest absolute Gasteiger partial charge is 0.438 e. The van der Waals surface area contributed by atoms with Gasteiger partial charge in [0.25, 0.3) is 0 Å². The zero-order chi connectivity index (χ0) is 20.4. The number of carbonyl (C=O) groups excluding carboxylic acids is 1. The predicted molar refractivity (Wildman–Crippen MR) is 123 cm³/mol. The molecule has 0 aliphatic rings. The van der Waals surface area contributed by atoms with Crippen LogP contribution in [0.3, 0.4) is 0 Å². The van der Waals surface area contributed by atoms with Gasteiger partial charge in [-0.1, -0.05) is 18.1 Å². The topological polar surface area (TPSA) is 26.3 Å². The second-order valence-electron chi connectivity index (χ2n) is 6.97. The van der Waals surface area contributed by atoms with Crippen molar-refractivity contribution in [1.29, 1.82) is 0 Å². The van der Waals surface area contributed by atoms with Crippen LogP contribution in [0, 0.1) is 18.8 Å². The standard InChI is InChI=1S/C25H21O2S2/c1-4-14-25(3,20-13-15-28-16-20)27-24(26)19-9-11-21(12-10-19)29-17-18(2)22-7-5-6-8-23(22)29/h5-13,15-17H,1-3H3/q+1. The van der Waals surface area contributed by atoms with Gasteiger partial charge < -0.3 is 4.74 Å². The summed E-state index contributed by atoms with van der Waals surface area (Å²) in [6, 6.07) is 18.2. The number of esters is 1. The Balaban J connectivity index is 1.62. The summed E-state index contributed by atoms with van der Waals surface area (Å²) in [6.07, 6.45) is 0. The van der Waals surface area contributed by atoms with E-state index in [0.717, 1.165) is 5.56 Å². The third kappa shape index (κ3) is 3.72. The smallest absolute Gasteiger partial charge is 0.339 e. The molecule has 0 saturated heterocycles. The maximum atomic E-state index is 12.8. The molecule has 4 aromatic rings. The lowest BCUT2D eigenvalue weighted by molar-refractivity contribution is 0.0130. The van der Waals surface area contributed by atoms with Gasteiger partial charge >= 0.3 is 5.97 Å². The van der Waals surface area contributed by atoms with Gasteiger partial charge in [-0.05, 0) is 74.0 Å². The third-order valence-electron chi connectivity index (χ3n) is 4.92. The second-order valence-corrected chi connectivity index (χ2v) is 9.57. The van der Waals surface area contributed by atoms with Crippen molar-refractivity contribution in [3.05, 3.63) is 87.4 Å². The van der Waals surface area contributed by atoms with E-state index in [1.807, 2.05) is 48.0 Å². The van der Waals surface area contributed by atoms with Crippen LogP contribution in [0.1, 0.15) is 35.3 Å². The minimum atomic E-state index is -0.948.